The molecule has 3 saturated heterocycles. The number of methoxy groups -OCH3 is 1. The standard InChI is InChI=1S/C57H72N8O9S/c1-36(2)42-8-6-7-9-43(42)50-33-56(4,72-5)20-26-63(50)40-31-57(32-40)21-24-62(25-22-57)39-10-12-44(47(29-39)64-46-17-27-73-35-51(46)74-54-49(64)28-38-16-23-58-52(38)60-54)53(66)61-75(70,71)41-11-13-45(48(30-41)65(68)69)59-34-37-14-18-55(3,67)19-15-37/h6-13,16,23,28-30,36-37,40,46,50-51,59,67H,14-15,17-22,24-27,31-35H2,1-5H3,(H,58,60)(H,61,66)/t37-,46-,50-,51-,55-,56+/m0/s1. The van der Waals surface area contributed by atoms with E-state index in [1.807, 2.05) is 44.5 Å². The lowest BCUT2D eigenvalue weighted by Crippen LogP contribution is -2.58. The summed E-state index contributed by atoms with van der Waals surface area (Å²) in [6.07, 6.45) is 11.0. The summed E-state index contributed by atoms with van der Waals surface area (Å²) in [7, 11) is -2.77. The zero-order valence-electron chi connectivity index (χ0n) is 43.8. The number of aliphatic hydroxyl groups is 1. The number of carbonyl (C=O) groups is 1. The van der Waals surface area contributed by atoms with Crippen molar-refractivity contribution in [3.05, 3.63) is 106 Å². The SMILES string of the molecule is CO[C@]1(C)CCN(C2CC3(CCN(c4ccc(C(=O)NS(=O)(=O)c5ccc(NC[C@H]6CC[C@](C)(O)CC6)c([N+](=O)[O-])c5)c(N5c6cc7cc[nH]c7nc6O[C@H]6COCC[C@@H]65)c4)CC3)C2)[C@H](c2ccccc2C(C)C)C1. The number of aromatic nitrogens is 2. The van der Waals surface area contributed by atoms with Gasteiger partial charge in [0.05, 0.1) is 44.9 Å². The van der Waals surface area contributed by atoms with Crippen LogP contribution in [0.25, 0.3) is 11.0 Å². The van der Waals surface area contributed by atoms with Gasteiger partial charge in [-0.3, -0.25) is 19.8 Å². The fraction of sp³-hybridized carbons (Fsp3) is 0.544. The second-order valence-electron chi connectivity index (χ2n) is 23.3. The number of ether oxygens (including phenoxy) is 3. The van der Waals surface area contributed by atoms with E-state index in [0.717, 1.165) is 88.1 Å². The Labute approximate surface area is 439 Å². The van der Waals surface area contributed by atoms with E-state index in [1.54, 1.807) is 6.07 Å². The van der Waals surface area contributed by atoms with Gasteiger partial charge in [-0.15, -0.1) is 0 Å². The normalized spacial score (nSPS) is 27.1. The van der Waals surface area contributed by atoms with Crippen LogP contribution in [-0.2, 0) is 19.5 Å². The fourth-order valence-corrected chi connectivity index (χ4v) is 14.2. The largest absolute Gasteiger partial charge is 0.468 e. The van der Waals surface area contributed by atoms with Crippen molar-refractivity contribution in [3.63, 3.8) is 0 Å². The van der Waals surface area contributed by atoms with Gasteiger partial charge in [0, 0.05) is 75.3 Å². The monoisotopic (exact) mass is 1040 g/mol. The highest BCUT2D eigenvalue weighted by Gasteiger charge is 2.52. The van der Waals surface area contributed by atoms with E-state index in [2.05, 4.69) is 74.8 Å². The van der Waals surface area contributed by atoms with Gasteiger partial charge in [-0.1, -0.05) is 38.1 Å². The van der Waals surface area contributed by atoms with Crippen LogP contribution in [-0.4, -0.2) is 115 Å². The molecule has 6 aliphatic rings. The third-order valence-corrected chi connectivity index (χ3v) is 19.3. The number of anilines is 4. The molecule has 400 valence electrons. The van der Waals surface area contributed by atoms with E-state index in [0.29, 0.717) is 73.9 Å². The number of H-pyrrole nitrogens is 1. The number of nitrogens with one attached hydrogen (secondary N) is 3. The molecule has 1 spiro atoms. The van der Waals surface area contributed by atoms with E-state index >= 15 is 0 Å². The first kappa shape index (κ1) is 51.3. The third kappa shape index (κ3) is 10.1. The Bertz CT molecular complexity index is 3060. The van der Waals surface area contributed by atoms with Crippen molar-refractivity contribution in [1.82, 2.24) is 19.6 Å². The van der Waals surface area contributed by atoms with E-state index < -0.39 is 43.1 Å². The highest BCUT2D eigenvalue weighted by atomic mass is 32.2. The van der Waals surface area contributed by atoms with Crippen LogP contribution in [0.15, 0.2) is 83.9 Å². The highest BCUT2D eigenvalue weighted by Crippen LogP contribution is 2.55. The molecule has 4 N–H and O–H groups in total. The lowest BCUT2D eigenvalue weighted by molar-refractivity contribution is -0.384. The number of piperidine rings is 2. The summed E-state index contributed by atoms with van der Waals surface area (Å²) in [6, 6.07) is 22.6. The summed E-state index contributed by atoms with van der Waals surface area (Å²) in [5.41, 5.74) is 4.76. The van der Waals surface area contributed by atoms with Gasteiger partial charge in [-0.25, -0.2) is 13.1 Å². The quantitative estimate of drug-likeness (QED) is 0.0641. The van der Waals surface area contributed by atoms with Crippen LogP contribution in [0.2, 0.25) is 0 Å². The molecular weight excluding hydrogens is 973 g/mol. The van der Waals surface area contributed by atoms with Crippen molar-refractivity contribution >= 4 is 55.4 Å². The average Bonchev–Trinajstić information content (AvgIpc) is 3.85. The number of aromatic amines is 1. The molecule has 2 saturated carbocycles. The Morgan fingerprint density at radius 1 is 0.960 bits per heavy atom. The maximum Gasteiger partial charge on any atom is 0.293 e. The predicted octanol–water partition coefficient (Wildman–Crippen LogP) is 9.75. The number of rotatable bonds is 13. The number of nitro benzene ring substituents is 1. The van der Waals surface area contributed by atoms with E-state index in [9.17, 15) is 28.4 Å². The lowest BCUT2D eigenvalue weighted by Gasteiger charge is -2.59. The molecule has 6 heterocycles. The van der Waals surface area contributed by atoms with Crippen LogP contribution in [0.4, 0.5) is 28.4 Å². The first-order chi connectivity index (χ1) is 35.9. The Morgan fingerprint density at radius 3 is 2.48 bits per heavy atom. The molecule has 17 nitrogen and oxygen atoms in total. The molecule has 2 aromatic heterocycles. The van der Waals surface area contributed by atoms with Crippen molar-refractivity contribution in [1.29, 1.82) is 0 Å². The lowest BCUT2D eigenvalue weighted by atomic mass is 9.59. The molecule has 2 aliphatic carbocycles. The number of likely N-dealkylation sites (tertiary alicyclic amines) is 1. The summed E-state index contributed by atoms with van der Waals surface area (Å²) in [5, 5.41) is 26.8. The second-order valence-corrected chi connectivity index (χ2v) is 25.0. The fourth-order valence-electron chi connectivity index (χ4n) is 13.3. The second kappa shape index (κ2) is 20.0. The number of nitrogens with zero attached hydrogens (tertiary/aromatic N) is 5. The number of fused-ring (bicyclic) bond motifs is 3. The van der Waals surface area contributed by atoms with E-state index in [4.69, 9.17) is 19.2 Å². The van der Waals surface area contributed by atoms with Gasteiger partial charge < -0.3 is 39.4 Å². The molecule has 4 atom stereocenters. The van der Waals surface area contributed by atoms with Crippen LogP contribution in [0.1, 0.15) is 132 Å². The number of sulfonamides is 1. The minimum atomic E-state index is -4.63. The first-order valence-electron chi connectivity index (χ1n) is 27.0. The summed E-state index contributed by atoms with van der Waals surface area (Å²) in [6.45, 7) is 12.5. The Hall–Kier alpha value is -5.79. The van der Waals surface area contributed by atoms with Crippen molar-refractivity contribution < 1.29 is 37.5 Å². The smallest absolute Gasteiger partial charge is 0.293 e. The third-order valence-electron chi connectivity index (χ3n) is 17.9. The van der Waals surface area contributed by atoms with Gasteiger partial charge in [0.25, 0.3) is 21.6 Å². The number of nitro groups is 1. The molecule has 0 bridgehead atoms. The molecule has 3 aromatic carbocycles. The number of hydrogen-bond donors (Lipinski definition) is 4. The number of pyridine rings is 1. The van der Waals surface area contributed by atoms with E-state index in [1.165, 1.54) is 23.3 Å². The molecule has 5 fully saturated rings. The molecule has 75 heavy (non-hydrogen) atoms. The van der Waals surface area contributed by atoms with Gasteiger partial charge >= 0.3 is 0 Å². The van der Waals surface area contributed by atoms with E-state index in [-0.39, 0.29) is 40.3 Å². The zero-order chi connectivity index (χ0) is 52.4. The Kier molecular flexibility index (Phi) is 13.7. The minimum absolute atomic E-state index is 0.115. The molecular formula is C57H72N8O9S. The van der Waals surface area contributed by atoms with Crippen LogP contribution < -0.4 is 24.6 Å². The molecule has 18 heteroatoms. The summed E-state index contributed by atoms with van der Waals surface area (Å²) >= 11 is 0. The van der Waals surface area contributed by atoms with Gasteiger partial charge in [0.1, 0.15) is 23.1 Å². The predicted molar refractivity (Wildman–Crippen MR) is 289 cm³/mol. The molecule has 5 aromatic rings. The van der Waals surface area contributed by atoms with Crippen LogP contribution >= 0.6 is 0 Å². The van der Waals surface area contributed by atoms with Crippen LogP contribution in [0, 0.1) is 21.4 Å². The number of benzene rings is 3. The van der Waals surface area contributed by atoms with Gasteiger partial charge in [-0.05, 0) is 155 Å². The highest BCUT2D eigenvalue weighted by molar-refractivity contribution is 7.90. The molecule has 1 amide bonds. The van der Waals surface area contributed by atoms with Crippen LogP contribution in [0.5, 0.6) is 5.88 Å². The van der Waals surface area contributed by atoms with Crippen molar-refractivity contribution in [2.75, 3.05) is 61.6 Å². The number of amides is 1. The number of carbonyl (C=O) groups excluding carboxylic acids is 1. The summed E-state index contributed by atoms with van der Waals surface area (Å²) in [5.74, 6) is 0.109. The summed E-state index contributed by atoms with van der Waals surface area (Å²) in [4.78, 5) is 41.4. The molecule has 4 aliphatic heterocycles. The maximum atomic E-state index is 14.8. The topological polar surface area (TPSA) is 205 Å². The molecule has 11 rings (SSSR count). The Balaban J connectivity index is 0.864. The van der Waals surface area contributed by atoms with Crippen molar-refractivity contribution in [2.45, 2.75) is 145 Å². The van der Waals surface area contributed by atoms with Gasteiger partial charge in [0.2, 0.25) is 5.88 Å². The zero-order valence-corrected chi connectivity index (χ0v) is 44.7. The van der Waals surface area contributed by atoms with Crippen molar-refractivity contribution in [3.8, 4) is 5.88 Å². The van der Waals surface area contributed by atoms with Gasteiger partial charge in [-0.2, -0.15) is 4.98 Å². The van der Waals surface area contributed by atoms with Crippen molar-refractivity contribution in [2.24, 2.45) is 11.3 Å². The maximum absolute atomic E-state index is 14.8. The Morgan fingerprint density at radius 2 is 1.73 bits per heavy atom. The van der Waals surface area contributed by atoms with Gasteiger partial charge in [0.15, 0.2) is 0 Å². The molecule has 0 unspecified atom stereocenters. The minimum Gasteiger partial charge on any atom is -0.468 e. The summed E-state index contributed by atoms with van der Waals surface area (Å²) < 4.78 is 49.3. The number of hydrogen-bond acceptors (Lipinski definition) is 14. The molecule has 0 radical (unpaired) electrons. The average molecular weight is 1050 g/mol. The van der Waals surface area contributed by atoms with Crippen LogP contribution in [0.3, 0.4) is 0 Å². The first-order valence-corrected chi connectivity index (χ1v) is 28.5.